The topological polar surface area (TPSA) is 61.8 Å². The molecule has 3 N–H and O–H groups in total. The van der Waals surface area contributed by atoms with Gasteiger partial charge >= 0.3 is 0 Å². The van der Waals surface area contributed by atoms with Crippen molar-refractivity contribution in [1.82, 2.24) is 0 Å². The quantitative estimate of drug-likeness (QED) is 0.822. The van der Waals surface area contributed by atoms with Crippen LogP contribution in [0.25, 0.3) is 0 Å². The lowest BCUT2D eigenvalue weighted by Gasteiger charge is -2.12. The summed E-state index contributed by atoms with van der Waals surface area (Å²) in [6.45, 7) is 4.90. The van der Waals surface area contributed by atoms with Crippen LogP contribution in [0.4, 0.5) is 11.4 Å². The van der Waals surface area contributed by atoms with Crippen LogP contribution in [-0.2, 0) is 6.54 Å². The van der Waals surface area contributed by atoms with Gasteiger partial charge in [0.05, 0.1) is 23.0 Å². The summed E-state index contributed by atoms with van der Waals surface area (Å²) >= 11 is 0. The van der Waals surface area contributed by atoms with Crippen molar-refractivity contribution >= 4 is 11.4 Å². The van der Waals surface area contributed by atoms with E-state index >= 15 is 0 Å². The van der Waals surface area contributed by atoms with E-state index in [1.807, 2.05) is 6.07 Å². The number of anilines is 2. The second-order valence-corrected chi connectivity index (χ2v) is 4.70. The molecule has 0 saturated carbocycles. The van der Waals surface area contributed by atoms with E-state index in [-0.39, 0.29) is 0 Å². The predicted molar refractivity (Wildman–Crippen MR) is 78.8 cm³/mol. The van der Waals surface area contributed by atoms with Crippen molar-refractivity contribution in [2.75, 3.05) is 11.1 Å². The molecule has 0 aliphatic heterocycles. The molecule has 19 heavy (non-hydrogen) atoms. The van der Waals surface area contributed by atoms with Crippen molar-refractivity contribution < 1.29 is 0 Å². The number of nitriles is 1. The van der Waals surface area contributed by atoms with E-state index in [0.717, 1.165) is 12.2 Å². The summed E-state index contributed by atoms with van der Waals surface area (Å²) in [7, 11) is 0. The van der Waals surface area contributed by atoms with Crippen LogP contribution < -0.4 is 11.1 Å². The second kappa shape index (κ2) is 5.45. The summed E-state index contributed by atoms with van der Waals surface area (Å²) < 4.78 is 0. The van der Waals surface area contributed by atoms with E-state index in [2.05, 4.69) is 43.4 Å². The third-order valence-corrected chi connectivity index (χ3v) is 3.15. The Morgan fingerprint density at radius 3 is 2.63 bits per heavy atom. The minimum atomic E-state index is 0.579. The number of hydrogen-bond acceptors (Lipinski definition) is 3. The first kappa shape index (κ1) is 13.0. The molecule has 0 unspecified atom stereocenters. The highest BCUT2D eigenvalue weighted by Crippen LogP contribution is 2.21. The van der Waals surface area contributed by atoms with Crippen molar-refractivity contribution in [3.63, 3.8) is 0 Å². The summed E-state index contributed by atoms with van der Waals surface area (Å²) in [5, 5.41) is 12.1. The molecular formula is C16H17N3. The number of nitrogens with zero attached hydrogens (tertiary/aromatic N) is 1. The van der Waals surface area contributed by atoms with Gasteiger partial charge < -0.3 is 11.1 Å². The maximum absolute atomic E-state index is 8.80. The zero-order valence-corrected chi connectivity index (χ0v) is 11.2. The van der Waals surface area contributed by atoms with Gasteiger partial charge in [-0.2, -0.15) is 5.26 Å². The molecule has 0 radical (unpaired) electrons. The van der Waals surface area contributed by atoms with Crippen LogP contribution in [0.5, 0.6) is 0 Å². The lowest BCUT2D eigenvalue weighted by Crippen LogP contribution is -2.04. The Labute approximate surface area is 113 Å². The average molecular weight is 251 g/mol. The molecule has 0 bridgehead atoms. The molecule has 2 rings (SSSR count). The van der Waals surface area contributed by atoms with E-state index in [0.29, 0.717) is 11.3 Å². The largest absolute Gasteiger partial charge is 0.397 e. The monoisotopic (exact) mass is 251 g/mol. The smallest absolute Gasteiger partial charge is 0.0992 e. The maximum Gasteiger partial charge on any atom is 0.0992 e. The fourth-order valence-electron chi connectivity index (χ4n) is 1.97. The molecule has 0 aliphatic rings. The van der Waals surface area contributed by atoms with Gasteiger partial charge in [-0.1, -0.05) is 23.8 Å². The minimum absolute atomic E-state index is 0.579. The SMILES string of the molecule is Cc1ccc(C)c(CNc2ccc(C#N)cc2N)c1. The van der Waals surface area contributed by atoms with E-state index in [9.17, 15) is 0 Å². The van der Waals surface area contributed by atoms with Crippen LogP contribution in [0.3, 0.4) is 0 Å². The number of nitrogens with two attached hydrogens (primary N) is 1. The summed E-state index contributed by atoms with van der Waals surface area (Å²) in [4.78, 5) is 0. The van der Waals surface area contributed by atoms with Gasteiger partial charge in [-0.05, 0) is 43.2 Å². The molecule has 0 amide bonds. The van der Waals surface area contributed by atoms with Gasteiger partial charge in [-0.15, -0.1) is 0 Å². The first-order valence-corrected chi connectivity index (χ1v) is 6.20. The van der Waals surface area contributed by atoms with E-state index < -0.39 is 0 Å². The summed E-state index contributed by atoms with van der Waals surface area (Å²) in [6.07, 6.45) is 0. The lowest BCUT2D eigenvalue weighted by atomic mass is 10.1. The van der Waals surface area contributed by atoms with Crippen molar-refractivity contribution in [3.05, 3.63) is 58.7 Å². The normalized spacial score (nSPS) is 9.95. The number of nitrogens with one attached hydrogen (secondary N) is 1. The van der Waals surface area contributed by atoms with Crippen molar-refractivity contribution in [2.45, 2.75) is 20.4 Å². The first-order chi connectivity index (χ1) is 9.10. The molecule has 3 heteroatoms. The highest BCUT2D eigenvalue weighted by Gasteiger charge is 2.02. The maximum atomic E-state index is 8.80. The standard InChI is InChI=1S/C16H17N3/c1-11-3-4-12(2)14(7-11)10-19-16-6-5-13(9-17)8-15(16)18/h3-8,19H,10,18H2,1-2H3. The highest BCUT2D eigenvalue weighted by molar-refractivity contribution is 5.68. The first-order valence-electron chi connectivity index (χ1n) is 6.20. The average Bonchev–Trinajstić information content (AvgIpc) is 2.40. The predicted octanol–water partition coefficient (Wildman–Crippen LogP) is 3.37. The van der Waals surface area contributed by atoms with Gasteiger partial charge in [0, 0.05) is 6.54 Å². The molecule has 2 aromatic rings. The second-order valence-electron chi connectivity index (χ2n) is 4.70. The van der Waals surface area contributed by atoms with Gasteiger partial charge in [0.15, 0.2) is 0 Å². The molecule has 0 saturated heterocycles. The Balaban J connectivity index is 2.15. The molecule has 0 aliphatic carbocycles. The molecule has 0 heterocycles. The van der Waals surface area contributed by atoms with Crippen molar-refractivity contribution in [3.8, 4) is 6.07 Å². The molecule has 2 aromatic carbocycles. The summed E-state index contributed by atoms with van der Waals surface area (Å²) in [6, 6.07) is 13.8. The zero-order valence-electron chi connectivity index (χ0n) is 11.2. The fourth-order valence-corrected chi connectivity index (χ4v) is 1.97. The fraction of sp³-hybridized carbons (Fsp3) is 0.188. The van der Waals surface area contributed by atoms with Crippen LogP contribution >= 0.6 is 0 Å². The Morgan fingerprint density at radius 1 is 1.16 bits per heavy atom. The molecule has 0 fully saturated rings. The Morgan fingerprint density at radius 2 is 1.95 bits per heavy atom. The molecule has 0 atom stereocenters. The van der Waals surface area contributed by atoms with Crippen LogP contribution in [0.1, 0.15) is 22.3 Å². The molecule has 96 valence electrons. The van der Waals surface area contributed by atoms with Gasteiger partial charge in [0.2, 0.25) is 0 Å². The summed E-state index contributed by atoms with van der Waals surface area (Å²) in [5.41, 5.74) is 11.7. The van der Waals surface area contributed by atoms with Gasteiger partial charge in [0.25, 0.3) is 0 Å². The molecule has 0 spiro atoms. The third-order valence-electron chi connectivity index (χ3n) is 3.15. The lowest BCUT2D eigenvalue weighted by molar-refractivity contribution is 1.11. The highest BCUT2D eigenvalue weighted by atomic mass is 14.9. The molecule has 0 aromatic heterocycles. The van der Waals surface area contributed by atoms with Gasteiger partial charge in [0.1, 0.15) is 0 Å². The van der Waals surface area contributed by atoms with Crippen LogP contribution in [-0.4, -0.2) is 0 Å². The number of aryl methyl sites for hydroxylation is 2. The third kappa shape index (κ3) is 3.05. The van der Waals surface area contributed by atoms with E-state index in [1.165, 1.54) is 16.7 Å². The van der Waals surface area contributed by atoms with Crippen LogP contribution in [0.2, 0.25) is 0 Å². The van der Waals surface area contributed by atoms with Gasteiger partial charge in [-0.3, -0.25) is 0 Å². The molecule has 3 nitrogen and oxygen atoms in total. The summed E-state index contributed by atoms with van der Waals surface area (Å²) in [5.74, 6) is 0. The Bertz CT molecular complexity index is 639. The van der Waals surface area contributed by atoms with E-state index in [1.54, 1.807) is 12.1 Å². The molecular weight excluding hydrogens is 234 g/mol. The van der Waals surface area contributed by atoms with Crippen LogP contribution in [0.15, 0.2) is 36.4 Å². The zero-order chi connectivity index (χ0) is 13.8. The van der Waals surface area contributed by atoms with Gasteiger partial charge in [-0.25, -0.2) is 0 Å². The number of rotatable bonds is 3. The minimum Gasteiger partial charge on any atom is -0.397 e. The van der Waals surface area contributed by atoms with Crippen LogP contribution in [0, 0.1) is 25.2 Å². The van der Waals surface area contributed by atoms with Crippen molar-refractivity contribution in [2.24, 2.45) is 0 Å². The number of nitrogen functional groups attached to an aromatic ring is 1. The number of hydrogen-bond donors (Lipinski definition) is 2. The Kier molecular flexibility index (Phi) is 3.72. The Hall–Kier alpha value is -2.47. The van der Waals surface area contributed by atoms with E-state index in [4.69, 9.17) is 11.0 Å². The number of benzene rings is 2. The van der Waals surface area contributed by atoms with Crippen molar-refractivity contribution in [1.29, 1.82) is 5.26 Å².